The van der Waals surface area contributed by atoms with Crippen LogP contribution in [-0.4, -0.2) is 45.0 Å². The standard InChI is InChI=1S/C22H21Cl2N5O2/c1-13-9-20(28-22(26-13)29-8-6-15(30)12-29)27-19-11-14(5-7-25-19)10-18(31)21-16(23)3-2-4-17(21)24/h2-5,7,9,11,15,30H,6,8,10,12H2,1H3,(H,25,26,27,28)/t15-/m0/s1. The second-order valence-corrected chi connectivity index (χ2v) is 8.27. The summed E-state index contributed by atoms with van der Waals surface area (Å²) in [5.74, 6) is 1.55. The van der Waals surface area contributed by atoms with Gasteiger partial charge in [-0.3, -0.25) is 4.79 Å². The van der Waals surface area contributed by atoms with Crippen LogP contribution in [0.25, 0.3) is 0 Å². The molecule has 2 N–H and O–H groups in total. The molecule has 7 nitrogen and oxygen atoms in total. The number of hydrogen-bond acceptors (Lipinski definition) is 7. The molecule has 1 fully saturated rings. The van der Waals surface area contributed by atoms with Crippen LogP contribution in [0.3, 0.4) is 0 Å². The van der Waals surface area contributed by atoms with Crippen molar-refractivity contribution in [3.63, 3.8) is 0 Å². The molecule has 2 aromatic heterocycles. The number of carbonyl (C=O) groups excluding carboxylic acids is 1. The van der Waals surface area contributed by atoms with Gasteiger partial charge in [0.25, 0.3) is 0 Å². The Kier molecular flexibility index (Phi) is 6.36. The van der Waals surface area contributed by atoms with E-state index < -0.39 is 0 Å². The van der Waals surface area contributed by atoms with Crippen molar-refractivity contribution in [3.8, 4) is 0 Å². The third-order valence-electron chi connectivity index (χ3n) is 4.98. The molecule has 1 atom stereocenters. The normalized spacial score (nSPS) is 15.9. The van der Waals surface area contributed by atoms with Gasteiger partial charge in [-0.2, -0.15) is 4.98 Å². The summed E-state index contributed by atoms with van der Waals surface area (Å²) in [7, 11) is 0. The minimum atomic E-state index is -0.358. The third-order valence-corrected chi connectivity index (χ3v) is 5.61. The smallest absolute Gasteiger partial charge is 0.227 e. The SMILES string of the molecule is Cc1cc(Nc2cc(CC(=O)c3c(Cl)cccc3Cl)ccn2)nc(N2CC[C@H](O)C2)n1. The molecular weight excluding hydrogens is 437 g/mol. The number of benzene rings is 1. The monoisotopic (exact) mass is 457 g/mol. The average molecular weight is 458 g/mol. The minimum absolute atomic E-state index is 0.139. The first kappa shape index (κ1) is 21.5. The lowest BCUT2D eigenvalue weighted by Crippen LogP contribution is -2.23. The van der Waals surface area contributed by atoms with Crippen molar-refractivity contribution >= 4 is 46.6 Å². The Morgan fingerprint density at radius 1 is 1.19 bits per heavy atom. The van der Waals surface area contributed by atoms with Crippen molar-refractivity contribution in [1.82, 2.24) is 15.0 Å². The van der Waals surface area contributed by atoms with Crippen molar-refractivity contribution in [2.45, 2.75) is 25.9 Å². The number of nitrogens with one attached hydrogen (secondary N) is 1. The van der Waals surface area contributed by atoms with E-state index in [1.54, 1.807) is 36.5 Å². The van der Waals surface area contributed by atoms with Crippen LogP contribution in [0.1, 0.15) is 28.0 Å². The number of ketones is 1. The number of nitrogens with zero attached hydrogens (tertiary/aromatic N) is 4. The number of Topliss-reactive ketones (excluding diaryl/α,β-unsaturated/α-hetero) is 1. The Bertz CT molecular complexity index is 1100. The number of anilines is 3. The summed E-state index contributed by atoms with van der Waals surface area (Å²) in [4.78, 5) is 28.0. The maximum atomic E-state index is 12.7. The number of aliphatic hydroxyl groups is 1. The van der Waals surface area contributed by atoms with Gasteiger partial charge in [-0.1, -0.05) is 29.3 Å². The average Bonchev–Trinajstić information content (AvgIpc) is 3.14. The van der Waals surface area contributed by atoms with Gasteiger partial charge in [0, 0.05) is 37.5 Å². The number of hydrogen-bond donors (Lipinski definition) is 2. The molecule has 3 heterocycles. The van der Waals surface area contributed by atoms with Crippen LogP contribution in [0, 0.1) is 6.92 Å². The van der Waals surface area contributed by atoms with E-state index in [0.717, 1.165) is 11.3 Å². The lowest BCUT2D eigenvalue weighted by Gasteiger charge is -2.17. The van der Waals surface area contributed by atoms with E-state index >= 15 is 0 Å². The van der Waals surface area contributed by atoms with Crippen LogP contribution in [0.5, 0.6) is 0 Å². The molecule has 0 unspecified atom stereocenters. The van der Waals surface area contributed by atoms with Crippen molar-refractivity contribution in [2.24, 2.45) is 0 Å². The van der Waals surface area contributed by atoms with E-state index in [-0.39, 0.29) is 18.3 Å². The van der Waals surface area contributed by atoms with Crippen LogP contribution in [0.15, 0.2) is 42.6 Å². The van der Waals surface area contributed by atoms with E-state index in [9.17, 15) is 9.90 Å². The Labute approximate surface area is 190 Å². The highest BCUT2D eigenvalue weighted by atomic mass is 35.5. The highest BCUT2D eigenvalue weighted by Gasteiger charge is 2.23. The molecule has 0 saturated carbocycles. The highest BCUT2D eigenvalue weighted by molar-refractivity contribution is 6.39. The summed E-state index contributed by atoms with van der Waals surface area (Å²) in [5.41, 5.74) is 1.89. The van der Waals surface area contributed by atoms with E-state index in [4.69, 9.17) is 23.2 Å². The number of aryl methyl sites for hydroxylation is 1. The molecule has 31 heavy (non-hydrogen) atoms. The predicted octanol–water partition coefficient (Wildman–Crippen LogP) is 4.23. The Morgan fingerprint density at radius 3 is 2.68 bits per heavy atom. The Morgan fingerprint density at radius 2 is 1.97 bits per heavy atom. The molecule has 0 radical (unpaired) electrons. The molecule has 0 amide bonds. The van der Waals surface area contributed by atoms with Crippen LogP contribution >= 0.6 is 23.2 Å². The van der Waals surface area contributed by atoms with Crippen molar-refractivity contribution in [3.05, 3.63) is 69.5 Å². The minimum Gasteiger partial charge on any atom is -0.391 e. The molecular formula is C22H21Cl2N5O2. The number of rotatable bonds is 6. The summed E-state index contributed by atoms with van der Waals surface area (Å²) in [6, 6.07) is 10.4. The maximum Gasteiger partial charge on any atom is 0.227 e. The number of halogens is 2. The number of carbonyl (C=O) groups is 1. The molecule has 0 aliphatic carbocycles. The first-order valence-corrected chi connectivity index (χ1v) is 10.6. The molecule has 1 saturated heterocycles. The van der Waals surface area contributed by atoms with E-state index in [2.05, 4.69) is 20.3 Å². The van der Waals surface area contributed by atoms with E-state index in [1.165, 1.54) is 0 Å². The molecule has 9 heteroatoms. The van der Waals surface area contributed by atoms with Gasteiger partial charge in [0.05, 0.1) is 21.7 Å². The maximum absolute atomic E-state index is 12.7. The second kappa shape index (κ2) is 9.18. The van der Waals surface area contributed by atoms with Gasteiger partial charge in [-0.15, -0.1) is 0 Å². The second-order valence-electron chi connectivity index (χ2n) is 7.45. The predicted molar refractivity (Wildman–Crippen MR) is 122 cm³/mol. The third kappa shape index (κ3) is 5.12. The zero-order valence-electron chi connectivity index (χ0n) is 16.8. The van der Waals surface area contributed by atoms with Crippen molar-refractivity contribution < 1.29 is 9.90 Å². The molecule has 1 aliphatic rings. The number of pyridine rings is 1. The fourth-order valence-corrected chi connectivity index (χ4v) is 4.11. The van der Waals surface area contributed by atoms with Crippen molar-refractivity contribution in [2.75, 3.05) is 23.3 Å². The fourth-order valence-electron chi connectivity index (χ4n) is 3.50. The highest BCUT2D eigenvalue weighted by Crippen LogP contribution is 2.26. The van der Waals surface area contributed by atoms with Gasteiger partial charge in [0.2, 0.25) is 5.95 Å². The van der Waals surface area contributed by atoms with Gasteiger partial charge in [-0.05, 0) is 43.2 Å². The molecule has 160 valence electrons. The summed E-state index contributed by atoms with van der Waals surface area (Å²) < 4.78 is 0. The van der Waals surface area contributed by atoms with Gasteiger partial charge in [0.1, 0.15) is 11.6 Å². The fraction of sp³-hybridized carbons (Fsp3) is 0.273. The van der Waals surface area contributed by atoms with Crippen LogP contribution in [-0.2, 0) is 6.42 Å². The van der Waals surface area contributed by atoms with Gasteiger partial charge in [0.15, 0.2) is 5.78 Å². The van der Waals surface area contributed by atoms with Gasteiger partial charge in [-0.25, -0.2) is 9.97 Å². The van der Waals surface area contributed by atoms with Crippen LogP contribution in [0.2, 0.25) is 10.0 Å². The Hall–Kier alpha value is -2.74. The van der Waals surface area contributed by atoms with Gasteiger partial charge >= 0.3 is 0 Å². The lowest BCUT2D eigenvalue weighted by molar-refractivity contribution is 0.0993. The zero-order valence-corrected chi connectivity index (χ0v) is 18.4. The Balaban J connectivity index is 1.51. The van der Waals surface area contributed by atoms with Crippen LogP contribution in [0.4, 0.5) is 17.6 Å². The summed E-state index contributed by atoms with van der Waals surface area (Å²) in [6.45, 7) is 3.12. The molecule has 1 aliphatic heterocycles. The first-order valence-electron chi connectivity index (χ1n) is 9.87. The first-order chi connectivity index (χ1) is 14.9. The van der Waals surface area contributed by atoms with Crippen LogP contribution < -0.4 is 10.2 Å². The van der Waals surface area contributed by atoms with E-state index in [0.29, 0.717) is 52.7 Å². The number of aromatic nitrogens is 3. The number of aliphatic hydroxyl groups excluding tert-OH is 1. The quantitative estimate of drug-likeness (QED) is 0.535. The molecule has 1 aromatic carbocycles. The summed E-state index contributed by atoms with van der Waals surface area (Å²) in [5, 5.41) is 13.6. The molecule has 0 bridgehead atoms. The molecule has 3 aromatic rings. The number of β-amino-alcohol motifs (C(OH)–C–C–N with tert-alkyl or cyclic N) is 1. The summed E-state index contributed by atoms with van der Waals surface area (Å²) in [6.07, 6.45) is 2.11. The molecule has 0 spiro atoms. The summed E-state index contributed by atoms with van der Waals surface area (Å²) >= 11 is 12.3. The van der Waals surface area contributed by atoms with Gasteiger partial charge < -0.3 is 15.3 Å². The molecule has 4 rings (SSSR count). The van der Waals surface area contributed by atoms with Crippen molar-refractivity contribution in [1.29, 1.82) is 0 Å². The zero-order chi connectivity index (χ0) is 22.0. The van der Waals surface area contributed by atoms with E-state index in [1.807, 2.05) is 17.9 Å². The topological polar surface area (TPSA) is 91.2 Å². The lowest BCUT2D eigenvalue weighted by atomic mass is 10.0. The largest absolute Gasteiger partial charge is 0.391 e.